The van der Waals surface area contributed by atoms with Crippen molar-refractivity contribution >= 4 is 43.7 Å². The van der Waals surface area contributed by atoms with Crippen LogP contribution in [0.25, 0.3) is 0 Å². The maximum atomic E-state index is 9.86. The number of aliphatic hydroxyl groups is 1. The first kappa shape index (κ1) is 12.3. The molecule has 0 unspecified atom stereocenters. The number of aliphatic hydroxyl groups excluding tert-OH is 1. The minimum atomic E-state index is -1.18. The monoisotopic (exact) mass is 161 g/mol. The van der Waals surface area contributed by atoms with Crippen LogP contribution in [0.2, 0.25) is 0 Å². The molecule has 0 aromatic rings. The van der Waals surface area contributed by atoms with Crippen molar-refractivity contribution in [3.8, 4) is 0 Å². The molecule has 0 rings (SSSR count). The molecule has 0 saturated carbocycles. The average Bonchev–Trinajstić information content (AvgIpc) is 1.64. The van der Waals surface area contributed by atoms with Crippen molar-refractivity contribution in [2.45, 2.75) is 19.1 Å². The van der Waals surface area contributed by atoms with Gasteiger partial charge >= 0.3 is 43.7 Å². The molecule has 9 heavy (non-hydrogen) atoms. The summed E-state index contributed by atoms with van der Waals surface area (Å²) in [6, 6.07) is -1.16. The second-order valence-corrected chi connectivity index (χ2v) is 1.60. The zero-order chi connectivity index (χ0) is 6.73. The van der Waals surface area contributed by atoms with Gasteiger partial charge in [-0.3, -0.25) is 4.79 Å². The van der Waals surface area contributed by atoms with Crippen LogP contribution in [0.3, 0.4) is 0 Å². The van der Waals surface area contributed by atoms with Gasteiger partial charge in [-0.15, -0.1) is 0 Å². The van der Waals surface area contributed by atoms with E-state index in [1.165, 1.54) is 6.92 Å². The van der Waals surface area contributed by atoms with Crippen molar-refractivity contribution in [3.05, 3.63) is 0 Å². The molecule has 0 aromatic heterocycles. The molecule has 4 nitrogen and oxygen atoms in total. The summed E-state index contributed by atoms with van der Waals surface area (Å²) in [5.74, 6) is -1.18. The zero-order valence-electron chi connectivity index (χ0n) is 4.53. The molecule has 0 bridgehead atoms. The maximum absolute atomic E-state index is 9.86. The van der Waals surface area contributed by atoms with Crippen LogP contribution in [0.4, 0.5) is 0 Å². The number of aliphatic carboxylic acids is 1. The fraction of sp³-hybridized carbons (Fsp3) is 0.750. The van der Waals surface area contributed by atoms with E-state index in [0.717, 1.165) is 0 Å². The van der Waals surface area contributed by atoms with Crippen molar-refractivity contribution in [2.24, 2.45) is 5.73 Å². The van der Waals surface area contributed by atoms with E-state index >= 15 is 0 Å². The molecule has 0 heterocycles. The second kappa shape index (κ2) is 5.44. The Morgan fingerprint density at radius 2 is 2.00 bits per heavy atom. The molecule has 0 aliphatic carbocycles. The van der Waals surface area contributed by atoms with Crippen LogP contribution in [-0.4, -0.2) is 66.1 Å². The molecule has 0 aromatic carbocycles. The molecule has 0 saturated heterocycles. The quantitative estimate of drug-likeness (QED) is 0.404. The van der Waals surface area contributed by atoms with Gasteiger partial charge in [-0.1, -0.05) is 0 Å². The topological polar surface area (TPSA) is 83.5 Å². The Balaban J connectivity index is 0. The first-order valence-electron chi connectivity index (χ1n) is 2.22. The third-order valence-electron chi connectivity index (χ3n) is 0.805. The van der Waals surface area contributed by atoms with Crippen molar-refractivity contribution in [2.75, 3.05) is 0 Å². The Morgan fingerprint density at radius 3 is 2.00 bits per heavy atom. The first-order chi connectivity index (χ1) is 3.55. The number of carboxylic acid groups (broad SMARTS) is 1. The molecule has 0 amide bonds. The van der Waals surface area contributed by atoms with Gasteiger partial charge in [-0.2, -0.15) is 0 Å². The molecule has 0 fully saturated rings. The number of carbonyl (C=O) groups is 1. The molecular formula is C4H11CaNO3. The third kappa shape index (κ3) is 5.11. The van der Waals surface area contributed by atoms with Gasteiger partial charge in [0, 0.05) is 0 Å². The van der Waals surface area contributed by atoms with Crippen LogP contribution >= 0.6 is 0 Å². The van der Waals surface area contributed by atoms with Crippen LogP contribution in [0, 0.1) is 0 Å². The van der Waals surface area contributed by atoms with Gasteiger partial charge in [-0.25, -0.2) is 0 Å². The van der Waals surface area contributed by atoms with Gasteiger partial charge in [0.05, 0.1) is 6.10 Å². The molecule has 52 valence electrons. The third-order valence-corrected chi connectivity index (χ3v) is 0.805. The summed E-state index contributed by atoms with van der Waals surface area (Å²) in [6.07, 6.45) is -0.979. The molecule has 0 radical (unpaired) electrons. The minimum absolute atomic E-state index is 0. The molecule has 0 aliphatic heterocycles. The number of rotatable bonds is 2. The van der Waals surface area contributed by atoms with Gasteiger partial charge in [0.2, 0.25) is 0 Å². The summed E-state index contributed by atoms with van der Waals surface area (Å²) in [6.45, 7) is 1.33. The molecular weight excluding hydrogens is 150 g/mol. The summed E-state index contributed by atoms with van der Waals surface area (Å²) in [5, 5.41) is 16.6. The molecule has 5 heteroatoms. The summed E-state index contributed by atoms with van der Waals surface area (Å²) in [5.41, 5.74) is 4.91. The van der Waals surface area contributed by atoms with Crippen LogP contribution in [0.5, 0.6) is 0 Å². The normalized spacial score (nSPS) is 15.4. The van der Waals surface area contributed by atoms with E-state index in [1.807, 2.05) is 0 Å². The fourth-order valence-electron chi connectivity index (χ4n) is 0.206. The van der Waals surface area contributed by atoms with E-state index in [4.69, 9.17) is 15.9 Å². The Bertz CT molecular complexity index is 95.8. The van der Waals surface area contributed by atoms with Crippen molar-refractivity contribution < 1.29 is 15.0 Å². The van der Waals surface area contributed by atoms with Gasteiger partial charge in [0.15, 0.2) is 0 Å². The molecule has 4 N–H and O–H groups in total. The Morgan fingerprint density at radius 1 is 1.67 bits per heavy atom. The zero-order valence-corrected chi connectivity index (χ0v) is 4.53. The molecule has 2 atom stereocenters. The van der Waals surface area contributed by atoms with Gasteiger partial charge in [-0.05, 0) is 6.92 Å². The first-order valence-corrected chi connectivity index (χ1v) is 2.22. The Labute approximate surface area is 83.0 Å². The second-order valence-electron chi connectivity index (χ2n) is 1.60. The Kier molecular flexibility index (Phi) is 7.45. The Hall–Kier alpha value is 0.650. The van der Waals surface area contributed by atoms with E-state index in [1.54, 1.807) is 0 Å². The van der Waals surface area contributed by atoms with Crippen LogP contribution in [0.15, 0.2) is 0 Å². The number of carboxylic acids is 1. The van der Waals surface area contributed by atoms with E-state index in [-0.39, 0.29) is 37.7 Å². The molecule has 0 aliphatic rings. The van der Waals surface area contributed by atoms with E-state index in [2.05, 4.69) is 0 Å². The van der Waals surface area contributed by atoms with Gasteiger partial charge in [0.25, 0.3) is 0 Å². The number of nitrogens with two attached hydrogens (primary N) is 1. The van der Waals surface area contributed by atoms with E-state index < -0.39 is 18.1 Å². The number of hydrogen-bond donors (Lipinski definition) is 3. The van der Waals surface area contributed by atoms with Crippen molar-refractivity contribution in [1.82, 2.24) is 0 Å². The predicted molar refractivity (Wildman–Crippen MR) is 35.8 cm³/mol. The van der Waals surface area contributed by atoms with Gasteiger partial charge in [0.1, 0.15) is 6.04 Å². The average molecular weight is 161 g/mol. The standard InChI is InChI=1S/C4H9NO3.Ca.2H/c1-2(6)3(5)4(7)8;;;/h2-3,6H,5H2,1H3,(H,7,8);;;/t2-,3+;;;/m1.../s1. The van der Waals surface area contributed by atoms with Crippen molar-refractivity contribution in [1.29, 1.82) is 0 Å². The SMILES string of the molecule is C[C@@H](O)[C@H](N)C(=O)O.[CaH2]. The number of hydrogen-bond acceptors (Lipinski definition) is 3. The summed E-state index contributed by atoms with van der Waals surface area (Å²) in [4.78, 5) is 9.86. The van der Waals surface area contributed by atoms with E-state index in [0.29, 0.717) is 0 Å². The van der Waals surface area contributed by atoms with Crippen LogP contribution < -0.4 is 5.73 Å². The van der Waals surface area contributed by atoms with Crippen LogP contribution in [0.1, 0.15) is 6.92 Å². The van der Waals surface area contributed by atoms with Crippen molar-refractivity contribution in [3.63, 3.8) is 0 Å². The fourth-order valence-corrected chi connectivity index (χ4v) is 0.206. The van der Waals surface area contributed by atoms with Gasteiger partial charge < -0.3 is 15.9 Å². The van der Waals surface area contributed by atoms with E-state index in [9.17, 15) is 4.79 Å². The summed E-state index contributed by atoms with van der Waals surface area (Å²) in [7, 11) is 0. The summed E-state index contributed by atoms with van der Waals surface area (Å²) < 4.78 is 0. The predicted octanol–water partition coefficient (Wildman–Crippen LogP) is -2.14. The van der Waals surface area contributed by atoms with Crippen LogP contribution in [-0.2, 0) is 4.79 Å². The molecule has 0 spiro atoms. The summed E-state index contributed by atoms with van der Waals surface area (Å²) >= 11 is 0.